The van der Waals surface area contributed by atoms with Gasteiger partial charge in [-0.1, -0.05) is 62.4 Å². The Morgan fingerprint density at radius 2 is 1.43 bits per heavy atom. The number of H-pyrrole nitrogens is 1. The number of halogens is 6. The lowest BCUT2D eigenvalue weighted by atomic mass is 9.99. The number of carbonyl (C=O) groups excluding carboxylic acids is 3. The number of rotatable bonds is 14. The molecule has 5 aromatic rings. The third kappa shape index (κ3) is 11.8. The predicted molar refractivity (Wildman–Crippen MR) is 213 cm³/mol. The number of aromatic nitrogens is 2. The van der Waals surface area contributed by atoms with Crippen LogP contribution in [0, 0.1) is 17.5 Å². The molecule has 3 amide bonds. The third-order valence-electron chi connectivity index (χ3n) is 9.49. The van der Waals surface area contributed by atoms with Gasteiger partial charge in [0, 0.05) is 51.1 Å². The Kier molecular flexibility index (Phi) is 15.6. The number of carbonyl (C=O) groups is 3. The van der Waals surface area contributed by atoms with E-state index in [0.29, 0.717) is 22.0 Å². The summed E-state index contributed by atoms with van der Waals surface area (Å²) in [6.45, 7) is 5.21. The molecule has 6 rings (SSSR count). The maximum absolute atomic E-state index is 14.9. The second-order valence-corrected chi connectivity index (χ2v) is 13.6. The summed E-state index contributed by atoms with van der Waals surface area (Å²) in [5.41, 5.74) is 0.00674. The van der Waals surface area contributed by atoms with Gasteiger partial charge in [-0.3, -0.25) is 19.2 Å². The first-order chi connectivity index (χ1) is 28.8. The summed E-state index contributed by atoms with van der Waals surface area (Å²) < 4.78 is 88.2. The highest BCUT2D eigenvalue weighted by atomic mass is 19.4. The maximum Gasteiger partial charge on any atom is 0.393 e. The van der Waals surface area contributed by atoms with E-state index in [2.05, 4.69) is 20.8 Å². The molecular formula is C43H44F6N6O5. The zero-order valence-electron chi connectivity index (χ0n) is 32.9. The fourth-order valence-electron chi connectivity index (χ4n) is 6.60. The molecule has 318 valence electrons. The number of nitrogens with zero attached hydrogens (tertiary/aromatic N) is 3. The summed E-state index contributed by atoms with van der Waals surface area (Å²) in [7, 11) is 0. The van der Waals surface area contributed by atoms with Crippen molar-refractivity contribution in [1.82, 2.24) is 30.6 Å². The molecule has 1 aromatic heterocycles. The average molecular weight is 839 g/mol. The molecule has 0 unspecified atom stereocenters. The Balaban J connectivity index is 0.00000336. The molecule has 60 heavy (non-hydrogen) atoms. The smallest absolute Gasteiger partial charge is 0.378 e. The van der Waals surface area contributed by atoms with E-state index < -0.39 is 47.4 Å². The first kappa shape index (κ1) is 45.0. The Bertz CT molecular complexity index is 2340. The molecule has 0 saturated carbocycles. The minimum atomic E-state index is -4.45. The second-order valence-electron chi connectivity index (χ2n) is 13.6. The summed E-state index contributed by atoms with van der Waals surface area (Å²) in [4.78, 5) is 53.8. The molecule has 4 aromatic carbocycles. The number of ether oxygens (including phenoxy) is 1. The number of nitrogens with one attached hydrogen (secondary N) is 3. The van der Waals surface area contributed by atoms with Gasteiger partial charge in [0.1, 0.15) is 23.0 Å². The van der Waals surface area contributed by atoms with Crippen molar-refractivity contribution in [2.45, 2.75) is 32.9 Å². The van der Waals surface area contributed by atoms with Crippen LogP contribution < -0.4 is 16.2 Å². The van der Waals surface area contributed by atoms with Gasteiger partial charge in [0.25, 0.3) is 17.4 Å². The van der Waals surface area contributed by atoms with E-state index in [9.17, 15) is 45.5 Å². The molecule has 1 aliphatic heterocycles. The van der Waals surface area contributed by atoms with Crippen LogP contribution in [-0.2, 0) is 22.4 Å². The van der Waals surface area contributed by atoms with Gasteiger partial charge in [0.2, 0.25) is 5.91 Å². The van der Waals surface area contributed by atoms with Crippen molar-refractivity contribution in [1.29, 1.82) is 0 Å². The molecule has 2 heterocycles. The number of hydrogen-bond donors (Lipinski definition) is 3. The van der Waals surface area contributed by atoms with Crippen LogP contribution in [0.2, 0.25) is 0 Å². The highest BCUT2D eigenvalue weighted by molar-refractivity contribution is 5.96. The summed E-state index contributed by atoms with van der Waals surface area (Å²) in [6, 6.07) is 18.2. The summed E-state index contributed by atoms with van der Waals surface area (Å²) in [6.07, 6.45) is -5.39. The van der Waals surface area contributed by atoms with Gasteiger partial charge in [-0.15, -0.1) is 0 Å². The van der Waals surface area contributed by atoms with Crippen molar-refractivity contribution < 1.29 is 45.5 Å². The van der Waals surface area contributed by atoms with Crippen LogP contribution in [0.25, 0.3) is 21.9 Å². The van der Waals surface area contributed by atoms with Gasteiger partial charge in [-0.25, -0.2) is 18.3 Å². The molecule has 0 spiro atoms. The van der Waals surface area contributed by atoms with E-state index in [0.717, 1.165) is 12.1 Å². The number of alkyl halides is 3. The van der Waals surface area contributed by atoms with Gasteiger partial charge < -0.3 is 25.2 Å². The van der Waals surface area contributed by atoms with Gasteiger partial charge >= 0.3 is 6.18 Å². The summed E-state index contributed by atoms with van der Waals surface area (Å²) >= 11 is 0. The van der Waals surface area contributed by atoms with Crippen LogP contribution in [0.4, 0.5) is 26.3 Å². The normalized spacial score (nSPS) is 12.9. The number of amides is 3. The standard InChI is InChI=1S/C41H38F6N6O5.C2H6/c42-32-9-8-25(20-35-29-6-1-2-7-30(29)38(55)51-50-35)19-31(32)40(57)53-14-12-52(13-15-53)36(54)24-48-10-16-58-17-11-49-39(56)37-33(43)21-28(22-34(37)44)27-5-3-4-26(18-27)23-41(45,46)47;1-2/h1-9,18-19,21-22,48H,10-17,20,23-24H2,(H,49,56)(H,51,55);1-2H3. The van der Waals surface area contributed by atoms with Crippen molar-refractivity contribution in [3.63, 3.8) is 0 Å². The maximum atomic E-state index is 14.9. The first-order valence-corrected chi connectivity index (χ1v) is 19.3. The average Bonchev–Trinajstić information content (AvgIpc) is 3.23. The zero-order valence-corrected chi connectivity index (χ0v) is 32.9. The van der Waals surface area contributed by atoms with Crippen molar-refractivity contribution >= 4 is 28.5 Å². The Labute approximate surface area is 341 Å². The molecule has 0 aliphatic carbocycles. The number of hydrogen-bond acceptors (Lipinski definition) is 7. The topological polar surface area (TPSA) is 137 Å². The molecule has 17 heteroatoms. The number of benzene rings is 4. The lowest BCUT2D eigenvalue weighted by molar-refractivity contribution is -0.131. The Morgan fingerprint density at radius 3 is 2.13 bits per heavy atom. The predicted octanol–water partition coefficient (Wildman–Crippen LogP) is 6.05. The van der Waals surface area contributed by atoms with Crippen molar-refractivity contribution in [3.05, 3.63) is 135 Å². The van der Waals surface area contributed by atoms with Crippen LogP contribution in [-0.4, -0.2) is 103 Å². The molecule has 1 fully saturated rings. The van der Waals surface area contributed by atoms with Gasteiger partial charge in [-0.05, 0) is 52.6 Å². The van der Waals surface area contributed by atoms with E-state index in [1.165, 1.54) is 41.3 Å². The van der Waals surface area contributed by atoms with Gasteiger partial charge in [0.05, 0.1) is 42.8 Å². The second kappa shape index (κ2) is 20.8. The highest BCUT2D eigenvalue weighted by Crippen LogP contribution is 2.28. The molecule has 1 saturated heterocycles. The molecule has 1 aliphatic rings. The fraction of sp³-hybridized carbons (Fsp3) is 0.326. The van der Waals surface area contributed by atoms with E-state index in [4.69, 9.17) is 4.74 Å². The lowest BCUT2D eigenvalue weighted by Gasteiger charge is -2.35. The molecule has 0 radical (unpaired) electrons. The molecule has 3 N–H and O–H groups in total. The van der Waals surface area contributed by atoms with E-state index in [1.54, 1.807) is 35.2 Å². The summed E-state index contributed by atoms with van der Waals surface area (Å²) in [5, 5.41) is 13.1. The first-order valence-electron chi connectivity index (χ1n) is 19.3. The minimum absolute atomic E-state index is 0.00486. The van der Waals surface area contributed by atoms with Gasteiger partial charge in [-0.2, -0.15) is 18.3 Å². The lowest BCUT2D eigenvalue weighted by Crippen LogP contribution is -2.52. The highest BCUT2D eigenvalue weighted by Gasteiger charge is 2.29. The van der Waals surface area contributed by atoms with E-state index in [1.807, 2.05) is 13.8 Å². The third-order valence-corrected chi connectivity index (χ3v) is 9.49. The van der Waals surface area contributed by atoms with Crippen LogP contribution >= 0.6 is 0 Å². The molecule has 0 atom stereocenters. The van der Waals surface area contributed by atoms with E-state index in [-0.39, 0.29) is 99.2 Å². The van der Waals surface area contributed by atoms with Crippen LogP contribution in [0.5, 0.6) is 0 Å². The monoisotopic (exact) mass is 838 g/mol. The van der Waals surface area contributed by atoms with Crippen molar-refractivity contribution in [2.75, 3.05) is 59.0 Å². The number of piperazine rings is 1. The largest absolute Gasteiger partial charge is 0.393 e. The SMILES string of the molecule is CC.O=C(NCCOCCNCC(=O)N1CCN(C(=O)c2cc(Cc3n[nH]c(=O)c4ccccc34)ccc2F)CC1)c1c(F)cc(-c2cccc(CC(F)(F)F)c2)cc1F. The number of fused-ring (bicyclic) bond motifs is 1. The fourth-order valence-corrected chi connectivity index (χ4v) is 6.60. The zero-order chi connectivity index (χ0) is 43.4. The van der Waals surface area contributed by atoms with Crippen molar-refractivity contribution in [2.24, 2.45) is 0 Å². The molecule has 0 bridgehead atoms. The summed E-state index contributed by atoms with van der Waals surface area (Å²) in [5.74, 6) is -4.78. The van der Waals surface area contributed by atoms with Crippen molar-refractivity contribution in [3.8, 4) is 11.1 Å². The van der Waals surface area contributed by atoms with Crippen LogP contribution in [0.15, 0.2) is 83.7 Å². The Morgan fingerprint density at radius 1 is 0.767 bits per heavy atom. The van der Waals surface area contributed by atoms with Crippen LogP contribution in [0.1, 0.15) is 51.4 Å². The molecular weight excluding hydrogens is 794 g/mol. The molecule has 11 nitrogen and oxygen atoms in total. The van der Waals surface area contributed by atoms with Crippen LogP contribution in [0.3, 0.4) is 0 Å². The Hall–Kier alpha value is -6.07. The number of aromatic amines is 1. The van der Waals surface area contributed by atoms with E-state index >= 15 is 0 Å². The van der Waals surface area contributed by atoms with Gasteiger partial charge in [0.15, 0.2) is 0 Å². The minimum Gasteiger partial charge on any atom is -0.378 e. The quantitative estimate of drug-likeness (QED) is 0.0916.